The Hall–Kier alpha value is 0.270. The topological polar surface area (TPSA) is 18.5 Å². The van der Waals surface area contributed by atoms with Crippen LogP contribution in [0.25, 0.3) is 0 Å². The second kappa shape index (κ2) is 4.33. The number of rotatable bonds is 4. The van der Waals surface area contributed by atoms with E-state index < -0.39 is 0 Å². The average molecular weight is 176 g/mol. The lowest BCUT2D eigenvalue weighted by Gasteiger charge is -2.21. The summed E-state index contributed by atoms with van der Waals surface area (Å²) in [5.74, 6) is 2.03. The van der Waals surface area contributed by atoms with Crippen molar-refractivity contribution >= 4 is 11.8 Å². The molecule has 0 spiro atoms. The molecule has 0 saturated carbocycles. The van der Waals surface area contributed by atoms with Gasteiger partial charge in [0.1, 0.15) is 0 Å². The van der Waals surface area contributed by atoms with Crippen molar-refractivity contribution in [3.63, 3.8) is 0 Å². The molecule has 1 saturated heterocycles. The first kappa shape index (κ1) is 9.36. The third-order valence-corrected chi connectivity index (χ3v) is 2.70. The first-order valence-corrected chi connectivity index (χ1v) is 5.28. The maximum atomic E-state index is 5.45. The van der Waals surface area contributed by atoms with Gasteiger partial charge in [-0.05, 0) is 18.4 Å². The molecule has 0 aliphatic carbocycles. The minimum atomic E-state index is -0.276. The zero-order valence-electron chi connectivity index (χ0n) is 7.26. The smallest absolute Gasteiger partial charge is 0.166 e. The van der Waals surface area contributed by atoms with E-state index in [0.29, 0.717) is 0 Å². The molecular formula is C8H16O2S. The number of thioether (sulfide) groups is 1. The summed E-state index contributed by atoms with van der Waals surface area (Å²) in [6, 6.07) is 0. The number of hydrogen-bond donors (Lipinski definition) is 0. The highest BCUT2D eigenvalue weighted by Gasteiger charge is 2.29. The molecule has 0 bridgehead atoms. The van der Waals surface area contributed by atoms with Gasteiger partial charge in [-0.3, -0.25) is 0 Å². The van der Waals surface area contributed by atoms with Crippen LogP contribution in [0, 0.1) is 0 Å². The summed E-state index contributed by atoms with van der Waals surface area (Å²) in [6.45, 7) is 5.71. The van der Waals surface area contributed by atoms with Crippen LogP contribution in [-0.4, -0.2) is 30.5 Å². The van der Waals surface area contributed by atoms with E-state index in [1.807, 2.05) is 18.7 Å². The van der Waals surface area contributed by atoms with Gasteiger partial charge >= 0.3 is 0 Å². The monoisotopic (exact) mass is 176 g/mol. The van der Waals surface area contributed by atoms with Crippen molar-refractivity contribution in [3.8, 4) is 0 Å². The van der Waals surface area contributed by atoms with Crippen LogP contribution in [0.4, 0.5) is 0 Å². The standard InChI is InChI=1S/C8H16O2S/c1-3-11-7-4-8(2)9-5-6-10-8/h3-7H2,1-2H3. The maximum absolute atomic E-state index is 5.45. The molecule has 0 radical (unpaired) electrons. The highest BCUT2D eigenvalue weighted by atomic mass is 32.2. The molecule has 0 atom stereocenters. The predicted molar refractivity (Wildman–Crippen MR) is 47.9 cm³/mol. The Morgan fingerprint density at radius 1 is 1.36 bits per heavy atom. The van der Waals surface area contributed by atoms with E-state index in [4.69, 9.17) is 9.47 Å². The van der Waals surface area contributed by atoms with Crippen LogP contribution in [0.5, 0.6) is 0 Å². The molecule has 2 nitrogen and oxygen atoms in total. The molecule has 1 heterocycles. The van der Waals surface area contributed by atoms with Crippen LogP contribution in [0.1, 0.15) is 20.3 Å². The average Bonchev–Trinajstić information content (AvgIpc) is 2.38. The molecular weight excluding hydrogens is 160 g/mol. The molecule has 3 heteroatoms. The van der Waals surface area contributed by atoms with Gasteiger partial charge in [0.15, 0.2) is 5.79 Å². The first-order valence-electron chi connectivity index (χ1n) is 4.12. The fourth-order valence-corrected chi connectivity index (χ4v) is 1.91. The minimum Gasteiger partial charge on any atom is -0.348 e. The van der Waals surface area contributed by atoms with Gasteiger partial charge in [-0.15, -0.1) is 0 Å². The molecule has 1 aliphatic rings. The highest BCUT2D eigenvalue weighted by molar-refractivity contribution is 7.99. The van der Waals surface area contributed by atoms with Gasteiger partial charge in [-0.1, -0.05) is 6.92 Å². The molecule has 66 valence electrons. The molecule has 1 rings (SSSR count). The van der Waals surface area contributed by atoms with Gasteiger partial charge < -0.3 is 9.47 Å². The van der Waals surface area contributed by atoms with Crippen LogP contribution in [0.3, 0.4) is 0 Å². The third-order valence-electron chi connectivity index (χ3n) is 1.80. The number of hydrogen-bond acceptors (Lipinski definition) is 3. The van der Waals surface area contributed by atoms with Crippen LogP contribution >= 0.6 is 11.8 Å². The van der Waals surface area contributed by atoms with E-state index in [1.54, 1.807) is 0 Å². The Bertz CT molecular complexity index is 111. The summed E-state index contributed by atoms with van der Waals surface area (Å²) in [7, 11) is 0. The van der Waals surface area contributed by atoms with Gasteiger partial charge in [0.2, 0.25) is 0 Å². The molecule has 11 heavy (non-hydrogen) atoms. The van der Waals surface area contributed by atoms with Crippen LogP contribution in [-0.2, 0) is 9.47 Å². The quantitative estimate of drug-likeness (QED) is 0.609. The summed E-state index contributed by atoms with van der Waals surface area (Å²) >= 11 is 1.93. The van der Waals surface area contributed by atoms with Crippen LogP contribution < -0.4 is 0 Å². The van der Waals surface area contributed by atoms with Gasteiger partial charge in [0.25, 0.3) is 0 Å². The summed E-state index contributed by atoms with van der Waals surface area (Å²) < 4.78 is 10.9. The van der Waals surface area contributed by atoms with Crippen molar-refractivity contribution in [2.45, 2.75) is 26.1 Å². The van der Waals surface area contributed by atoms with Crippen molar-refractivity contribution in [3.05, 3.63) is 0 Å². The lowest BCUT2D eigenvalue weighted by atomic mass is 10.2. The summed E-state index contributed by atoms with van der Waals surface area (Å²) in [5.41, 5.74) is 0. The lowest BCUT2D eigenvalue weighted by molar-refractivity contribution is -0.142. The van der Waals surface area contributed by atoms with E-state index in [0.717, 1.165) is 25.4 Å². The Morgan fingerprint density at radius 2 is 2.00 bits per heavy atom. The Kier molecular flexibility index (Phi) is 3.69. The second-order valence-electron chi connectivity index (χ2n) is 2.78. The van der Waals surface area contributed by atoms with Crippen LogP contribution in [0.2, 0.25) is 0 Å². The normalized spacial score (nSPS) is 22.4. The number of ether oxygens (including phenoxy) is 2. The van der Waals surface area contributed by atoms with Crippen molar-refractivity contribution in [1.29, 1.82) is 0 Å². The van der Waals surface area contributed by atoms with E-state index >= 15 is 0 Å². The van der Waals surface area contributed by atoms with E-state index in [-0.39, 0.29) is 5.79 Å². The van der Waals surface area contributed by atoms with Gasteiger partial charge in [-0.2, -0.15) is 11.8 Å². The lowest BCUT2D eigenvalue weighted by Crippen LogP contribution is -2.26. The summed E-state index contributed by atoms with van der Waals surface area (Å²) in [6.07, 6.45) is 1.01. The van der Waals surface area contributed by atoms with E-state index in [9.17, 15) is 0 Å². The highest BCUT2D eigenvalue weighted by Crippen LogP contribution is 2.24. The van der Waals surface area contributed by atoms with Crippen molar-refractivity contribution in [2.75, 3.05) is 24.7 Å². The van der Waals surface area contributed by atoms with Crippen molar-refractivity contribution in [2.24, 2.45) is 0 Å². The molecule has 0 amide bonds. The Morgan fingerprint density at radius 3 is 2.55 bits per heavy atom. The van der Waals surface area contributed by atoms with Crippen molar-refractivity contribution < 1.29 is 9.47 Å². The van der Waals surface area contributed by atoms with E-state index in [2.05, 4.69) is 6.92 Å². The SMILES string of the molecule is CCSCCC1(C)OCCO1. The van der Waals surface area contributed by atoms with Crippen LogP contribution in [0.15, 0.2) is 0 Å². The predicted octanol–water partition coefficient (Wildman–Crippen LogP) is 1.89. The zero-order chi connectivity index (χ0) is 8.16. The fourth-order valence-electron chi connectivity index (χ4n) is 1.10. The third kappa shape index (κ3) is 3.01. The molecule has 0 aromatic carbocycles. The molecule has 0 N–H and O–H groups in total. The fraction of sp³-hybridized carbons (Fsp3) is 1.00. The molecule has 1 fully saturated rings. The van der Waals surface area contributed by atoms with Gasteiger partial charge in [-0.25, -0.2) is 0 Å². The largest absolute Gasteiger partial charge is 0.348 e. The Balaban J connectivity index is 2.13. The molecule has 0 unspecified atom stereocenters. The molecule has 0 aromatic rings. The van der Waals surface area contributed by atoms with Gasteiger partial charge in [0, 0.05) is 6.42 Å². The first-order chi connectivity index (χ1) is 5.27. The summed E-state index contributed by atoms with van der Waals surface area (Å²) in [4.78, 5) is 0. The summed E-state index contributed by atoms with van der Waals surface area (Å²) in [5, 5.41) is 0. The minimum absolute atomic E-state index is 0.276. The van der Waals surface area contributed by atoms with E-state index in [1.165, 1.54) is 5.75 Å². The van der Waals surface area contributed by atoms with Gasteiger partial charge in [0.05, 0.1) is 13.2 Å². The zero-order valence-corrected chi connectivity index (χ0v) is 8.08. The molecule has 1 aliphatic heterocycles. The maximum Gasteiger partial charge on any atom is 0.166 e. The Labute approximate surface area is 72.6 Å². The second-order valence-corrected chi connectivity index (χ2v) is 4.17. The molecule has 0 aromatic heterocycles. The van der Waals surface area contributed by atoms with Crippen molar-refractivity contribution in [1.82, 2.24) is 0 Å².